The van der Waals surface area contributed by atoms with Crippen LogP contribution in [0.4, 0.5) is 17.6 Å². The van der Waals surface area contributed by atoms with Crippen LogP contribution in [0.25, 0.3) is 0 Å². The summed E-state index contributed by atoms with van der Waals surface area (Å²) in [5.41, 5.74) is -0.824. The zero-order valence-electron chi connectivity index (χ0n) is 12.2. The summed E-state index contributed by atoms with van der Waals surface area (Å²) in [4.78, 5) is 0. The monoisotopic (exact) mass is 304 g/mol. The van der Waals surface area contributed by atoms with E-state index in [0.717, 1.165) is 31.7 Å². The fraction of sp³-hybridized carbons (Fsp3) is 0.625. The van der Waals surface area contributed by atoms with E-state index in [1.54, 1.807) is 0 Å². The molecule has 21 heavy (non-hydrogen) atoms. The molecule has 1 atom stereocenters. The fourth-order valence-electron chi connectivity index (χ4n) is 2.95. The Bertz CT molecular complexity index is 497. The Morgan fingerprint density at radius 2 is 1.76 bits per heavy atom. The second-order valence-electron chi connectivity index (χ2n) is 6.68. The number of hydrogen-bond acceptors (Lipinski definition) is 1. The van der Waals surface area contributed by atoms with E-state index in [-0.39, 0.29) is 16.9 Å². The summed E-state index contributed by atoms with van der Waals surface area (Å²) in [6, 6.07) is 2.70. The van der Waals surface area contributed by atoms with Crippen LogP contribution >= 0.6 is 0 Å². The molecule has 1 fully saturated rings. The molecule has 1 aromatic rings. The second-order valence-corrected chi connectivity index (χ2v) is 6.68. The van der Waals surface area contributed by atoms with Gasteiger partial charge in [0.15, 0.2) is 0 Å². The van der Waals surface area contributed by atoms with E-state index in [4.69, 9.17) is 0 Å². The molecule has 2 rings (SSSR count). The van der Waals surface area contributed by atoms with Crippen LogP contribution in [0.1, 0.15) is 56.8 Å². The van der Waals surface area contributed by atoms with E-state index in [1.165, 1.54) is 6.07 Å². The average Bonchev–Trinajstić information content (AvgIpc) is 2.36. The van der Waals surface area contributed by atoms with Gasteiger partial charge in [0.25, 0.3) is 0 Å². The summed E-state index contributed by atoms with van der Waals surface area (Å²) in [6.07, 6.45) is -2.09. The van der Waals surface area contributed by atoms with Crippen LogP contribution in [-0.2, 0) is 6.18 Å². The van der Waals surface area contributed by atoms with Crippen LogP contribution in [0, 0.1) is 17.2 Å². The van der Waals surface area contributed by atoms with Crippen LogP contribution in [0.3, 0.4) is 0 Å². The third-order valence-corrected chi connectivity index (χ3v) is 4.47. The average molecular weight is 304 g/mol. The van der Waals surface area contributed by atoms with E-state index in [9.17, 15) is 22.7 Å². The molecular weight excluding hydrogens is 284 g/mol. The van der Waals surface area contributed by atoms with Crippen LogP contribution in [0.5, 0.6) is 0 Å². The number of rotatable bonds is 2. The zero-order chi connectivity index (χ0) is 15.8. The first-order valence-electron chi connectivity index (χ1n) is 7.15. The van der Waals surface area contributed by atoms with Crippen molar-refractivity contribution in [2.45, 2.75) is 51.8 Å². The Morgan fingerprint density at radius 1 is 1.19 bits per heavy atom. The maximum absolute atomic E-state index is 13.6. The Kier molecular flexibility index (Phi) is 4.34. The summed E-state index contributed by atoms with van der Waals surface area (Å²) in [6.45, 7) is 4.32. The molecule has 0 bridgehead atoms. The lowest BCUT2D eigenvalue weighted by atomic mass is 9.71. The lowest BCUT2D eigenvalue weighted by Crippen LogP contribution is -2.25. The van der Waals surface area contributed by atoms with Crippen molar-refractivity contribution in [2.75, 3.05) is 0 Å². The minimum Gasteiger partial charge on any atom is -0.388 e. The molecule has 1 aliphatic rings. The van der Waals surface area contributed by atoms with Gasteiger partial charge in [-0.25, -0.2) is 4.39 Å². The van der Waals surface area contributed by atoms with E-state index >= 15 is 0 Å². The van der Waals surface area contributed by atoms with Gasteiger partial charge in [-0.1, -0.05) is 19.9 Å². The highest BCUT2D eigenvalue weighted by molar-refractivity contribution is 5.28. The van der Waals surface area contributed by atoms with E-state index < -0.39 is 23.7 Å². The molecule has 0 heterocycles. The summed E-state index contributed by atoms with van der Waals surface area (Å²) >= 11 is 0. The topological polar surface area (TPSA) is 20.2 Å². The third-order valence-electron chi connectivity index (χ3n) is 4.47. The lowest BCUT2D eigenvalue weighted by Gasteiger charge is -2.36. The van der Waals surface area contributed by atoms with Crippen molar-refractivity contribution in [2.24, 2.45) is 11.3 Å². The van der Waals surface area contributed by atoms with Crippen LogP contribution < -0.4 is 0 Å². The molecule has 1 N–H and O–H groups in total. The standard InChI is InChI=1S/C16H20F4O/c1-15(2)7-5-10(6-8-15)14(21)11-3-4-12(13(17)9-11)16(18,19)20/h3-4,9-10,14,21H,5-8H2,1-2H3. The Morgan fingerprint density at radius 3 is 2.24 bits per heavy atom. The van der Waals surface area contributed by atoms with Crippen molar-refractivity contribution >= 4 is 0 Å². The first-order chi connectivity index (χ1) is 9.60. The Balaban J connectivity index is 2.14. The molecule has 118 valence electrons. The van der Waals surface area contributed by atoms with Crippen molar-refractivity contribution in [3.8, 4) is 0 Å². The molecule has 1 aromatic carbocycles. The number of aliphatic hydroxyl groups is 1. The van der Waals surface area contributed by atoms with Crippen molar-refractivity contribution in [3.05, 3.63) is 35.1 Å². The van der Waals surface area contributed by atoms with Gasteiger partial charge in [0.1, 0.15) is 5.82 Å². The molecule has 1 aliphatic carbocycles. The summed E-state index contributed by atoms with van der Waals surface area (Å²) in [7, 11) is 0. The van der Waals surface area contributed by atoms with Gasteiger partial charge in [-0.2, -0.15) is 13.2 Å². The maximum atomic E-state index is 13.6. The van der Waals surface area contributed by atoms with E-state index in [1.807, 2.05) is 0 Å². The Labute approximate surface area is 122 Å². The van der Waals surface area contributed by atoms with Gasteiger partial charge in [-0.3, -0.25) is 0 Å². The molecule has 0 spiro atoms. The summed E-state index contributed by atoms with van der Waals surface area (Å²) in [5, 5.41) is 10.3. The molecule has 1 unspecified atom stereocenters. The minimum absolute atomic E-state index is 0.0193. The predicted molar refractivity (Wildman–Crippen MR) is 72.1 cm³/mol. The van der Waals surface area contributed by atoms with Crippen molar-refractivity contribution in [1.29, 1.82) is 0 Å². The lowest BCUT2D eigenvalue weighted by molar-refractivity contribution is -0.140. The molecule has 0 aliphatic heterocycles. The SMILES string of the molecule is CC1(C)CCC(C(O)c2ccc(C(F)(F)F)c(F)c2)CC1. The number of benzene rings is 1. The smallest absolute Gasteiger partial charge is 0.388 e. The summed E-state index contributed by atoms with van der Waals surface area (Å²) < 4.78 is 51.1. The highest BCUT2D eigenvalue weighted by Crippen LogP contribution is 2.43. The van der Waals surface area contributed by atoms with Gasteiger partial charge < -0.3 is 5.11 Å². The highest BCUT2D eigenvalue weighted by Gasteiger charge is 2.35. The van der Waals surface area contributed by atoms with Gasteiger partial charge in [0.05, 0.1) is 11.7 Å². The van der Waals surface area contributed by atoms with Crippen molar-refractivity contribution in [3.63, 3.8) is 0 Å². The quantitative estimate of drug-likeness (QED) is 0.754. The van der Waals surface area contributed by atoms with E-state index in [0.29, 0.717) is 6.07 Å². The molecule has 1 nitrogen and oxygen atoms in total. The molecule has 5 heteroatoms. The van der Waals surface area contributed by atoms with Gasteiger partial charge in [-0.05, 0) is 54.7 Å². The second kappa shape index (κ2) is 5.59. The molecule has 0 saturated heterocycles. The minimum atomic E-state index is -4.71. The molecular formula is C16H20F4O. The first kappa shape index (κ1) is 16.3. The first-order valence-corrected chi connectivity index (χ1v) is 7.15. The molecule has 0 radical (unpaired) electrons. The van der Waals surface area contributed by atoms with Crippen LogP contribution in [-0.4, -0.2) is 5.11 Å². The fourth-order valence-corrected chi connectivity index (χ4v) is 2.95. The number of halogens is 4. The van der Waals surface area contributed by atoms with Crippen LogP contribution in [0.2, 0.25) is 0 Å². The number of aliphatic hydroxyl groups excluding tert-OH is 1. The van der Waals surface area contributed by atoms with Gasteiger partial charge in [0, 0.05) is 0 Å². The Hall–Kier alpha value is -1.10. The zero-order valence-corrected chi connectivity index (χ0v) is 12.2. The molecule has 0 aromatic heterocycles. The van der Waals surface area contributed by atoms with E-state index in [2.05, 4.69) is 13.8 Å². The number of hydrogen-bond donors (Lipinski definition) is 1. The van der Waals surface area contributed by atoms with Gasteiger partial charge in [-0.15, -0.1) is 0 Å². The summed E-state index contributed by atoms with van der Waals surface area (Å²) in [5.74, 6) is -1.34. The van der Waals surface area contributed by atoms with Crippen LogP contribution in [0.15, 0.2) is 18.2 Å². The molecule has 1 saturated carbocycles. The molecule has 0 amide bonds. The van der Waals surface area contributed by atoms with Gasteiger partial charge >= 0.3 is 6.18 Å². The van der Waals surface area contributed by atoms with Crippen molar-refractivity contribution < 1.29 is 22.7 Å². The van der Waals surface area contributed by atoms with Gasteiger partial charge in [0.2, 0.25) is 0 Å². The highest BCUT2D eigenvalue weighted by atomic mass is 19.4. The maximum Gasteiger partial charge on any atom is 0.419 e. The largest absolute Gasteiger partial charge is 0.419 e. The predicted octanol–water partition coefficient (Wildman–Crippen LogP) is 5.09. The van der Waals surface area contributed by atoms with Crippen molar-refractivity contribution in [1.82, 2.24) is 0 Å². The number of alkyl halides is 3. The normalized spacial score (nSPS) is 21.3. The third kappa shape index (κ3) is 3.76.